The molecule has 0 N–H and O–H groups in total. The number of alkyl halides is 1. The molecule has 1 atom stereocenters. The summed E-state index contributed by atoms with van der Waals surface area (Å²) in [5.41, 5.74) is 1.01. The van der Waals surface area contributed by atoms with Gasteiger partial charge in [0.1, 0.15) is 0 Å². The second kappa shape index (κ2) is 4.38. The van der Waals surface area contributed by atoms with Crippen LogP contribution in [0.1, 0.15) is 18.4 Å². The molecule has 0 amide bonds. The molecule has 0 spiro atoms. The van der Waals surface area contributed by atoms with Gasteiger partial charge in [0.05, 0.1) is 6.67 Å². The second-order valence-corrected chi connectivity index (χ2v) is 4.35. The van der Waals surface area contributed by atoms with Crippen LogP contribution in [0.3, 0.4) is 0 Å². The first kappa shape index (κ1) is 10.2. The Morgan fingerprint density at radius 3 is 2.67 bits per heavy atom. The maximum absolute atomic E-state index is 12.3. The van der Waals surface area contributed by atoms with Crippen molar-refractivity contribution in [3.63, 3.8) is 0 Å². The summed E-state index contributed by atoms with van der Waals surface area (Å²) in [6, 6.07) is 5.77. The van der Waals surface area contributed by atoms with Gasteiger partial charge in [0, 0.05) is 14.9 Å². The van der Waals surface area contributed by atoms with E-state index in [9.17, 15) is 4.39 Å². The second-order valence-electron chi connectivity index (χ2n) is 2.70. The molecular formula is C9H9Br2F. The summed E-state index contributed by atoms with van der Waals surface area (Å²) < 4.78 is 14.3. The van der Waals surface area contributed by atoms with Crippen LogP contribution in [0.25, 0.3) is 0 Å². The molecule has 12 heavy (non-hydrogen) atoms. The minimum Gasteiger partial charge on any atom is -0.250 e. The SMILES string of the molecule is CC(CF)c1cccc(Br)c1Br. The van der Waals surface area contributed by atoms with Crippen molar-refractivity contribution in [1.82, 2.24) is 0 Å². The Balaban J connectivity index is 3.07. The normalized spacial score (nSPS) is 13.0. The van der Waals surface area contributed by atoms with Crippen molar-refractivity contribution < 1.29 is 4.39 Å². The van der Waals surface area contributed by atoms with Gasteiger partial charge >= 0.3 is 0 Å². The van der Waals surface area contributed by atoms with Crippen LogP contribution >= 0.6 is 31.9 Å². The number of hydrogen-bond acceptors (Lipinski definition) is 0. The van der Waals surface area contributed by atoms with Crippen LogP contribution in [0.5, 0.6) is 0 Å². The summed E-state index contributed by atoms with van der Waals surface area (Å²) >= 11 is 6.78. The minimum atomic E-state index is -0.324. The van der Waals surface area contributed by atoms with E-state index in [0.29, 0.717) is 0 Å². The summed E-state index contributed by atoms with van der Waals surface area (Å²) in [7, 11) is 0. The highest BCUT2D eigenvalue weighted by Gasteiger charge is 2.10. The fraction of sp³-hybridized carbons (Fsp3) is 0.333. The molecule has 1 rings (SSSR count). The molecule has 0 aliphatic heterocycles. The molecule has 0 bridgehead atoms. The lowest BCUT2D eigenvalue weighted by Crippen LogP contribution is -1.96. The van der Waals surface area contributed by atoms with Crippen LogP contribution in [0, 0.1) is 0 Å². The molecular weight excluding hydrogens is 287 g/mol. The molecule has 1 aromatic rings. The molecule has 66 valence electrons. The average Bonchev–Trinajstić information content (AvgIpc) is 2.08. The summed E-state index contributed by atoms with van der Waals surface area (Å²) in [6.07, 6.45) is 0. The Hall–Kier alpha value is 0.110. The van der Waals surface area contributed by atoms with E-state index in [4.69, 9.17) is 0 Å². The lowest BCUT2D eigenvalue weighted by Gasteiger charge is -2.10. The standard InChI is InChI=1S/C9H9Br2F/c1-6(5-12)7-3-2-4-8(10)9(7)11/h2-4,6H,5H2,1H3. The van der Waals surface area contributed by atoms with Crippen LogP contribution in [0.15, 0.2) is 27.1 Å². The van der Waals surface area contributed by atoms with E-state index < -0.39 is 0 Å². The molecule has 0 saturated heterocycles. The topological polar surface area (TPSA) is 0 Å². The van der Waals surface area contributed by atoms with Gasteiger partial charge in [-0.3, -0.25) is 4.39 Å². The van der Waals surface area contributed by atoms with Crippen LogP contribution in [-0.2, 0) is 0 Å². The van der Waals surface area contributed by atoms with Gasteiger partial charge in [0.2, 0.25) is 0 Å². The van der Waals surface area contributed by atoms with Gasteiger partial charge in [-0.15, -0.1) is 0 Å². The van der Waals surface area contributed by atoms with E-state index in [2.05, 4.69) is 31.9 Å². The highest BCUT2D eigenvalue weighted by Crippen LogP contribution is 2.31. The number of rotatable bonds is 2. The van der Waals surface area contributed by atoms with Gasteiger partial charge in [0.15, 0.2) is 0 Å². The smallest absolute Gasteiger partial charge is 0.0960 e. The molecule has 0 aliphatic carbocycles. The number of halogens is 3. The molecule has 3 heteroatoms. The van der Waals surface area contributed by atoms with E-state index in [-0.39, 0.29) is 12.6 Å². The minimum absolute atomic E-state index is 0.0446. The third kappa shape index (κ3) is 2.07. The predicted molar refractivity (Wildman–Crippen MR) is 56.2 cm³/mol. The molecule has 1 unspecified atom stereocenters. The summed E-state index contributed by atoms with van der Waals surface area (Å²) in [6.45, 7) is 1.54. The Morgan fingerprint density at radius 1 is 1.42 bits per heavy atom. The van der Waals surface area contributed by atoms with Crippen molar-refractivity contribution in [3.8, 4) is 0 Å². The molecule has 0 aromatic heterocycles. The maximum atomic E-state index is 12.3. The highest BCUT2D eigenvalue weighted by atomic mass is 79.9. The average molecular weight is 296 g/mol. The molecule has 0 radical (unpaired) electrons. The van der Waals surface area contributed by atoms with Crippen LogP contribution in [0.2, 0.25) is 0 Å². The van der Waals surface area contributed by atoms with Gasteiger partial charge < -0.3 is 0 Å². The van der Waals surface area contributed by atoms with E-state index in [1.807, 2.05) is 25.1 Å². The summed E-state index contributed by atoms with van der Waals surface area (Å²) in [4.78, 5) is 0. The fourth-order valence-corrected chi connectivity index (χ4v) is 2.02. The zero-order chi connectivity index (χ0) is 9.14. The predicted octanol–water partition coefficient (Wildman–Crippen LogP) is 4.28. The van der Waals surface area contributed by atoms with Gasteiger partial charge in [-0.2, -0.15) is 0 Å². The van der Waals surface area contributed by atoms with Crippen molar-refractivity contribution >= 4 is 31.9 Å². The van der Waals surface area contributed by atoms with Crippen molar-refractivity contribution in [2.45, 2.75) is 12.8 Å². The molecule has 0 fully saturated rings. The quantitative estimate of drug-likeness (QED) is 0.764. The highest BCUT2D eigenvalue weighted by molar-refractivity contribution is 9.13. The molecule has 1 aromatic carbocycles. The number of benzene rings is 1. The van der Waals surface area contributed by atoms with Gasteiger partial charge in [-0.1, -0.05) is 19.1 Å². The van der Waals surface area contributed by atoms with E-state index in [0.717, 1.165) is 14.5 Å². The third-order valence-corrected chi connectivity index (χ3v) is 3.82. The Labute approximate surface area is 88.4 Å². The third-order valence-electron chi connectivity index (χ3n) is 1.74. The van der Waals surface area contributed by atoms with Gasteiger partial charge in [-0.05, 0) is 43.5 Å². The Kier molecular flexibility index (Phi) is 3.72. The van der Waals surface area contributed by atoms with Crippen molar-refractivity contribution in [3.05, 3.63) is 32.7 Å². The molecule has 0 aliphatic rings. The van der Waals surface area contributed by atoms with Crippen LogP contribution in [-0.4, -0.2) is 6.67 Å². The van der Waals surface area contributed by atoms with Crippen LogP contribution < -0.4 is 0 Å². The van der Waals surface area contributed by atoms with E-state index in [1.54, 1.807) is 0 Å². The first-order valence-electron chi connectivity index (χ1n) is 3.66. The lowest BCUT2D eigenvalue weighted by molar-refractivity contribution is 0.446. The monoisotopic (exact) mass is 294 g/mol. The molecule has 0 nitrogen and oxygen atoms in total. The summed E-state index contributed by atoms with van der Waals surface area (Å²) in [5.74, 6) is -0.0446. The molecule has 0 saturated carbocycles. The van der Waals surface area contributed by atoms with Crippen molar-refractivity contribution in [2.75, 3.05) is 6.67 Å². The van der Waals surface area contributed by atoms with Crippen LogP contribution in [0.4, 0.5) is 4.39 Å². The Morgan fingerprint density at radius 2 is 2.08 bits per heavy atom. The first-order valence-corrected chi connectivity index (χ1v) is 5.25. The van der Waals surface area contributed by atoms with Crippen molar-refractivity contribution in [2.24, 2.45) is 0 Å². The Bertz CT molecular complexity index is 273. The van der Waals surface area contributed by atoms with Crippen molar-refractivity contribution in [1.29, 1.82) is 0 Å². The van der Waals surface area contributed by atoms with E-state index >= 15 is 0 Å². The maximum Gasteiger partial charge on any atom is 0.0960 e. The zero-order valence-corrected chi connectivity index (χ0v) is 9.82. The number of hydrogen-bond donors (Lipinski definition) is 0. The molecule has 0 heterocycles. The first-order chi connectivity index (χ1) is 5.66. The van der Waals surface area contributed by atoms with Gasteiger partial charge in [0.25, 0.3) is 0 Å². The fourth-order valence-electron chi connectivity index (χ4n) is 0.984. The zero-order valence-electron chi connectivity index (χ0n) is 6.65. The summed E-state index contributed by atoms with van der Waals surface area (Å²) in [5, 5.41) is 0. The van der Waals surface area contributed by atoms with E-state index in [1.165, 1.54) is 0 Å². The van der Waals surface area contributed by atoms with Gasteiger partial charge in [-0.25, -0.2) is 0 Å². The largest absolute Gasteiger partial charge is 0.250 e. The lowest BCUT2D eigenvalue weighted by atomic mass is 10.0.